The number of halogens is 1. The molecule has 0 unspecified atom stereocenters. The Bertz CT molecular complexity index is 1640. The van der Waals surface area contributed by atoms with Gasteiger partial charge in [-0.1, -0.05) is 97.1 Å². The van der Waals surface area contributed by atoms with Crippen LogP contribution in [0.25, 0.3) is 44.3 Å². The maximum absolute atomic E-state index is 11.4. The van der Waals surface area contributed by atoms with Gasteiger partial charge in [0.25, 0.3) is 0 Å². The molecule has 1 radical (unpaired) electrons. The predicted molar refractivity (Wildman–Crippen MR) is 162 cm³/mol. The van der Waals surface area contributed by atoms with Gasteiger partial charge in [-0.15, -0.1) is 0 Å². The third-order valence-corrected chi connectivity index (χ3v) is 6.24. The second-order valence-corrected chi connectivity index (χ2v) is 8.27. The van der Waals surface area contributed by atoms with E-state index in [1.54, 1.807) is 0 Å². The van der Waals surface area contributed by atoms with E-state index in [0.717, 1.165) is 68.0 Å². The molecule has 38 heavy (non-hydrogen) atoms. The van der Waals surface area contributed by atoms with Crippen molar-refractivity contribution < 1.29 is 28.1 Å². The van der Waals surface area contributed by atoms with Crippen LogP contribution in [-0.4, -0.2) is 22.1 Å². The number of fused-ring (bicyclic) bond motifs is 2. The molecule has 6 rings (SSSR count). The van der Waals surface area contributed by atoms with E-state index in [1.807, 2.05) is 139 Å². The Morgan fingerprint density at radius 3 is 1.76 bits per heavy atom. The molecule has 0 bridgehead atoms. The van der Waals surface area contributed by atoms with E-state index in [-0.39, 0.29) is 18.6 Å². The van der Waals surface area contributed by atoms with Crippen LogP contribution in [0.2, 0.25) is 0 Å². The van der Waals surface area contributed by atoms with Crippen LogP contribution in [0.1, 0.15) is 20.7 Å². The summed E-state index contributed by atoms with van der Waals surface area (Å²) < 4.78 is 2.08. The number of aldehydes is 2. The summed E-state index contributed by atoms with van der Waals surface area (Å²) >= 11 is 1.90. The van der Waals surface area contributed by atoms with E-state index in [1.165, 1.54) is 0 Å². The van der Waals surface area contributed by atoms with E-state index in [4.69, 9.17) is 0 Å². The summed E-state index contributed by atoms with van der Waals surface area (Å²) in [6.45, 7) is 0. The van der Waals surface area contributed by atoms with Crippen LogP contribution in [-0.2, 0) is 25.6 Å². The van der Waals surface area contributed by atoms with Crippen molar-refractivity contribution >= 4 is 57.0 Å². The molecule has 6 heteroatoms. The molecular weight excluding hydrogens is 622 g/mol. The molecule has 0 aliphatic heterocycles. The molecule has 4 nitrogen and oxygen atoms in total. The Balaban J connectivity index is 0.000000193. The number of aryl methyl sites for hydroxylation is 1. The fraction of sp³-hybridized carbons (Fsp3) is 0.0312. The summed E-state index contributed by atoms with van der Waals surface area (Å²) in [5.74, 6) is 0. The average molecular weight is 648 g/mol. The summed E-state index contributed by atoms with van der Waals surface area (Å²) in [6, 6.07) is 35.7. The summed E-state index contributed by atoms with van der Waals surface area (Å²) in [7, 11) is 2.00. The first-order valence-corrected chi connectivity index (χ1v) is 13.2. The number of benzene rings is 4. The first kappa shape index (κ1) is 29.2. The van der Waals surface area contributed by atoms with Gasteiger partial charge in [0.2, 0.25) is 0 Å². The number of aromatic nitrogens is 2. The Labute approximate surface area is 248 Å². The van der Waals surface area contributed by atoms with Crippen molar-refractivity contribution in [2.75, 3.05) is 0 Å². The Hall–Kier alpha value is -3.39. The number of H-pyrrole nitrogens is 1. The van der Waals surface area contributed by atoms with Crippen LogP contribution in [0, 0.1) is 4.93 Å². The third-order valence-electron chi connectivity index (χ3n) is 6.24. The molecular formula is C32H26IN2O2V-. The van der Waals surface area contributed by atoms with Gasteiger partial charge in [-0.05, 0) is 23.3 Å². The summed E-state index contributed by atoms with van der Waals surface area (Å²) in [4.78, 5) is 29.2. The molecule has 1 N–H and O–H groups in total. The van der Waals surface area contributed by atoms with Gasteiger partial charge < -0.3 is 32.1 Å². The molecule has 0 amide bonds. The van der Waals surface area contributed by atoms with Crippen molar-refractivity contribution in [2.24, 2.45) is 7.05 Å². The van der Waals surface area contributed by atoms with Gasteiger partial charge in [0.15, 0.2) is 12.6 Å². The maximum Gasteiger partial charge on any atom is 0.152 e. The number of nitrogens with zero attached hydrogens (tertiary/aromatic N) is 1. The van der Waals surface area contributed by atoms with Gasteiger partial charge in [0, 0.05) is 58.5 Å². The van der Waals surface area contributed by atoms with Gasteiger partial charge in [-0.3, -0.25) is 14.5 Å². The van der Waals surface area contributed by atoms with Crippen LogP contribution in [0.4, 0.5) is 0 Å². The van der Waals surface area contributed by atoms with Crippen LogP contribution in [0.15, 0.2) is 109 Å². The van der Waals surface area contributed by atoms with Gasteiger partial charge >= 0.3 is 0 Å². The number of carbonyl (C=O) groups excluding carboxylic acids is 2. The number of nitrogens with one attached hydrogen (secondary N) is 1. The molecule has 4 aromatic carbocycles. The second-order valence-electron chi connectivity index (χ2n) is 8.27. The van der Waals surface area contributed by atoms with Crippen molar-refractivity contribution in [3.63, 3.8) is 0 Å². The van der Waals surface area contributed by atoms with Gasteiger partial charge in [0.1, 0.15) is 0 Å². The van der Waals surface area contributed by atoms with Gasteiger partial charge in [0.05, 0.1) is 11.4 Å². The minimum Gasteiger partial charge on any atom is -0.354 e. The number of para-hydroxylation sites is 2. The molecule has 0 aliphatic rings. The molecule has 6 aromatic rings. The molecule has 0 atom stereocenters. The average Bonchev–Trinajstić information content (AvgIpc) is 3.50. The van der Waals surface area contributed by atoms with Crippen molar-refractivity contribution in [3.8, 4) is 22.5 Å². The van der Waals surface area contributed by atoms with Gasteiger partial charge in [-0.2, -0.15) is 0 Å². The molecule has 2 aromatic heterocycles. The van der Waals surface area contributed by atoms with Crippen LogP contribution in [0.3, 0.4) is 0 Å². The maximum atomic E-state index is 11.4. The van der Waals surface area contributed by atoms with Crippen LogP contribution in [0.5, 0.6) is 0 Å². The first-order valence-electron chi connectivity index (χ1n) is 11.7. The quantitative estimate of drug-likeness (QED) is 0.118. The minimum absolute atomic E-state index is 0. The van der Waals surface area contributed by atoms with Gasteiger partial charge in [-0.25, -0.2) is 0 Å². The van der Waals surface area contributed by atoms with Crippen LogP contribution >= 0.6 is 22.6 Å². The minimum atomic E-state index is 0. The predicted octanol–water partition coefficient (Wildman–Crippen LogP) is 8.52. The zero-order chi connectivity index (χ0) is 26.2. The molecule has 189 valence electrons. The Morgan fingerprint density at radius 1 is 0.658 bits per heavy atom. The molecule has 2 heterocycles. The van der Waals surface area contributed by atoms with E-state index in [2.05, 4.69) is 14.5 Å². The summed E-state index contributed by atoms with van der Waals surface area (Å²) in [5.41, 5.74) is 7.54. The van der Waals surface area contributed by atoms with Crippen molar-refractivity contribution in [3.05, 3.63) is 125 Å². The topological polar surface area (TPSA) is 54.9 Å². The molecule has 0 saturated heterocycles. The summed E-state index contributed by atoms with van der Waals surface area (Å²) in [5, 5.41) is 1.98. The van der Waals surface area contributed by atoms with E-state index < -0.39 is 0 Å². The number of carbonyl (C=O) groups is 2. The zero-order valence-electron chi connectivity index (χ0n) is 20.8. The van der Waals surface area contributed by atoms with E-state index >= 15 is 0 Å². The normalized spacial score (nSPS) is 9.97. The standard InChI is InChI=1S/C16H13NO.C15H11NO.CH2I.V/c1-17-15-10-6-5-9-13(15)14(11-18)16(17)12-7-3-2-4-8-12;17-10-13-12-8-4-5-9-14(12)16-15(13)11-6-2-1-3-7-11;1-2;/h2-11H,1H3;1-10,16H;1H2;/q;;-1;. The summed E-state index contributed by atoms with van der Waals surface area (Å²) in [6.07, 6.45) is 1.87. The molecule has 0 aliphatic carbocycles. The fourth-order valence-corrected chi connectivity index (χ4v) is 4.61. The van der Waals surface area contributed by atoms with Crippen LogP contribution < -0.4 is 0 Å². The monoisotopic (exact) mass is 648 g/mol. The van der Waals surface area contributed by atoms with Crippen molar-refractivity contribution in [2.45, 2.75) is 0 Å². The second kappa shape index (κ2) is 14.0. The van der Waals surface area contributed by atoms with Crippen molar-refractivity contribution in [1.29, 1.82) is 0 Å². The third kappa shape index (κ3) is 5.86. The number of hydrogen-bond donors (Lipinski definition) is 1. The molecule has 0 saturated carbocycles. The number of rotatable bonds is 4. The zero-order valence-corrected chi connectivity index (χ0v) is 24.4. The fourth-order valence-electron chi connectivity index (χ4n) is 4.61. The first-order chi connectivity index (χ1) is 18.2. The molecule has 0 spiro atoms. The number of hydrogen-bond acceptors (Lipinski definition) is 2. The molecule has 0 fully saturated rings. The largest absolute Gasteiger partial charge is 0.354 e. The number of aromatic amines is 1. The smallest absolute Gasteiger partial charge is 0.152 e. The Kier molecular flexibility index (Phi) is 10.7. The Morgan fingerprint density at radius 2 is 1.16 bits per heavy atom. The van der Waals surface area contributed by atoms with E-state index in [9.17, 15) is 9.59 Å². The van der Waals surface area contributed by atoms with E-state index in [0.29, 0.717) is 0 Å². The van der Waals surface area contributed by atoms with Crippen molar-refractivity contribution in [1.82, 2.24) is 9.55 Å². The SMILES string of the molecule is Cn1c(-c2ccccc2)c(C=O)c2ccccc21.O=Cc1c(-c2ccccc2)[nH]c2ccccc12.[CH2-]I.[V].